The molecular formula is C74H135N3O10U. The Morgan fingerprint density at radius 1 is 0.773 bits per heavy atom. The number of likely N-dealkylation sites (N-methyl/N-ethyl adjacent to an activating group) is 1. The van der Waals surface area contributed by atoms with Crippen molar-refractivity contribution in [3.63, 3.8) is 0 Å². The standard InChI is InChI=1S/C17H25N.C12H24O3.C11H18NO3.C9H18O.C7H14O.C7H8.C4H7O.C2H5NO.2C2H6.CH4.U/c1-14-6-8-15(9-7-14)11-18-12-16-4-2-3-5-17(10-16)13-18;1-6-11(13)10(5)15-12(14)9(4)7-8(2)3;1-9(2)5-10(6-13)12(3)11(7-14)8-15-4;1-7(2)5-9(6-10)8(3)4;1-6(2)4-7(3)5-8;1-7-5-3-2-4-6-7;1-3-4(2)5;1-3-2-4;2*1-2;;/h6-9,16-17H,2-5,10-13H2,1H3;8-10,12,14H,6-7H2,1-5H3;9-10H,5,8H2,1-4H3;6-9H,5H2,1-4H3;5-7H,4H2,1-3H3;2-6H,1H3;3H,1-2H3;2H,1H3,(H,3,4);2*1-2H3;1H4;/q;;-1;;;;-1;;;;;+2. The maximum Gasteiger partial charge on any atom is 2.00 e. The molecule has 8 unspecified atom stereocenters. The van der Waals surface area contributed by atoms with Crippen LogP contribution in [0.5, 0.6) is 0 Å². The first-order chi connectivity index (χ1) is 40.5. The number of rotatable bonds is 25. The van der Waals surface area contributed by atoms with Gasteiger partial charge in [-0.2, -0.15) is 6.92 Å². The molecule has 1 saturated carbocycles. The molecule has 2 fully saturated rings. The molecule has 1 aliphatic carbocycles. The van der Waals surface area contributed by atoms with Gasteiger partial charge in [0, 0.05) is 65.0 Å². The molecule has 1 aliphatic heterocycles. The van der Waals surface area contributed by atoms with Gasteiger partial charge in [0.1, 0.15) is 30.3 Å². The van der Waals surface area contributed by atoms with Crippen LogP contribution in [0.1, 0.15) is 227 Å². The number of hydrogen-bond acceptors (Lipinski definition) is 12. The third-order valence-electron chi connectivity index (χ3n) is 13.6. The molecule has 1 saturated heterocycles. The molecule has 4 rings (SSSR count). The van der Waals surface area contributed by atoms with Gasteiger partial charge in [-0.15, -0.1) is 0 Å². The Hall–Kier alpha value is -3.73. The van der Waals surface area contributed by atoms with Crippen LogP contribution in [0.2, 0.25) is 0 Å². The van der Waals surface area contributed by atoms with E-state index < -0.39 is 18.4 Å². The number of benzene rings is 2. The number of methoxy groups -OCH3 is 1. The Balaban J connectivity index is -0.000000142. The van der Waals surface area contributed by atoms with Crippen molar-refractivity contribution in [3.05, 3.63) is 83.4 Å². The zero-order valence-electron chi connectivity index (χ0n) is 59.9. The number of aryl methyl sites for hydroxylation is 2. The van der Waals surface area contributed by atoms with Crippen molar-refractivity contribution >= 4 is 42.8 Å². The minimum Gasteiger partial charge on any atom is -0.540 e. The number of ether oxygens (including phenoxy) is 2. The fraction of sp³-hybridized carbons (Fsp3) is 0.716. The molecule has 0 aromatic heterocycles. The molecule has 1 amide bonds. The van der Waals surface area contributed by atoms with E-state index in [0.717, 1.165) is 50.2 Å². The number of amides is 1. The SMILES string of the molecule is C.CC.CC.CC(C)CC(C)C=O.CC(C)CC(C=O)C(C)C.CCC(=O)C(C)OC(O)C(C)CC(C)C.CNC=O.COCC(=C=O)N(C)C([C-]=O)CC(C)C.C[CH-]C(C)=O.Cc1ccc(CN2CC3CCCCC(C3)C2)cc1.Cc1ccccc1.[U+2]. The summed E-state index contributed by atoms with van der Waals surface area (Å²) in [6.07, 6.45) is 16.3. The fourth-order valence-corrected chi connectivity index (χ4v) is 8.98. The van der Waals surface area contributed by atoms with Crippen LogP contribution in [-0.2, 0) is 49.6 Å². The Labute approximate surface area is 566 Å². The van der Waals surface area contributed by atoms with Crippen molar-refractivity contribution in [1.82, 2.24) is 15.1 Å². The van der Waals surface area contributed by atoms with Gasteiger partial charge in [-0.1, -0.05) is 216 Å². The maximum absolute atomic E-state index is 11.3. The molecule has 2 aliphatic rings. The molecule has 510 valence electrons. The Kier molecular flexibility index (Phi) is 77.2. The summed E-state index contributed by atoms with van der Waals surface area (Å²) in [6, 6.07) is 18.9. The zero-order chi connectivity index (χ0) is 67.8. The average Bonchev–Trinajstić information content (AvgIpc) is 3.88. The second-order valence-electron chi connectivity index (χ2n) is 24.3. The molecule has 1 heterocycles. The molecule has 2 bridgehead atoms. The van der Waals surface area contributed by atoms with E-state index in [4.69, 9.17) is 14.3 Å². The van der Waals surface area contributed by atoms with E-state index in [0.29, 0.717) is 54.5 Å². The van der Waals surface area contributed by atoms with Crippen molar-refractivity contribution in [2.24, 2.45) is 59.2 Å². The van der Waals surface area contributed by atoms with Crippen molar-refractivity contribution in [2.45, 2.75) is 249 Å². The first kappa shape index (κ1) is 100. The molecule has 2 aromatic rings. The van der Waals surface area contributed by atoms with E-state index in [9.17, 15) is 33.9 Å². The second kappa shape index (κ2) is 67.7. The van der Waals surface area contributed by atoms with Crippen LogP contribution in [0.3, 0.4) is 0 Å². The topological polar surface area (TPSA) is 177 Å². The molecule has 0 spiro atoms. The largest absolute Gasteiger partial charge is 2.00 e. The number of aldehydes is 2. The number of ketones is 2. The predicted molar refractivity (Wildman–Crippen MR) is 370 cm³/mol. The van der Waals surface area contributed by atoms with E-state index in [2.05, 4.69) is 116 Å². The van der Waals surface area contributed by atoms with E-state index in [1.54, 1.807) is 45.7 Å². The Bertz CT molecular complexity index is 1930. The summed E-state index contributed by atoms with van der Waals surface area (Å²) in [5, 5.41) is 12.0. The predicted octanol–water partition coefficient (Wildman–Crippen LogP) is 16.4. The summed E-state index contributed by atoms with van der Waals surface area (Å²) in [5.74, 6) is 7.16. The third kappa shape index (κ3) is 62.5. The van der Waals surface area contributed by atoms with Gasteiger partial charge in [0.25, 0.3) is 0 Å². The van der Waals surface area contributed by atoms with Gasteiger partial charge in [-0.25, -0.2) is 11.1 Å². The van der Waals surface area contributed by atoms with Gasteiger partial charge in [0.2, 0.25) is 6.41 Å². The van der Waals surface area contributed by atoms with E-state index in [1.807, 2.05) is 79.9 Å². The summed E-state index contributed by atoms with van der Waals surface area (Å²) in [4.78, 5) is 76.3. The van der Waals surface area contributed by atoms with E-state index in [-0.39, 0.29) is 74.5 Å². The summed E-state index contributed by atoms with van der Waals surface area (Å²) in [6.45, 7) is 47.9. The quantitative estimate of drug-likeness (QED) is 0.0417. The van der Waals surface area contributed by atoms with Crippen LogP contribution in [-0.4, -0.2) is 117 Å². The van der Waals surface area contributed by atoms with Crippen LogP contribution in [0.25, 0.3) is 0 Å². The van der Waals surface area contributed by atoms with Gasteiger partial charge in [-0.05, 0) is 119 Å². The average molecular weight is 1460 g/mol. The molecule has 13 nitrogen and oxygen atoms in total. The summed E-state index contributed by atoms with van der Waals surface area (Å²) in [5.41, 5.74) is 4.51. The van der Waals surface area contributed by atoms with Crippen molar-refractivity contribution in [2.75, 3.05) is 40.9 Å². The third-order valence-corrected chi connectivity index (χ3v) is 13.6. The molecule has 8 atom stereocenters. The second-order valence-corrected chi connectivity index (χ2v) is 24.3. The molecular weight excluding hydrogens is 1330 g/mol. The molecule has 2 N–H and O–H groups in total. The number of carbonyl (C=O) groups is 5. The van der Waals surface area contributed by atoms with Crippen molar-refractivity contribution < 1.29 is 79.3 Å². The molecule has 14 heteroatoms. The fourth-order valence-electron chi connectivity index (χ4n) is 8.98. The maximum atomic E-state index is 11.3. The number of Topliss-reactive ketones (excluding diaryl/α,β-unsaturated/α-hetero) is 2. The van der Waals surface area contributed by atoms with E-state index >= 15 is 0 Å². The van der Waals surface area contributed by atoms with Gasteiger partial charge in [0.15, 0.2) is 12.1 Å². The van der Waals surface area contributed by atoms with Gasteiger partial charge < -0.3 is 50.4 Å². The Morgan fingerprint density at radius 3 is 1.51 bits per heavy atom. The van der Waals surface area contributed by atoms with Crippen LogP contribution in [0, 0.1) is 111 Å². The summed E-state index contributed by atoms with van der Waals surface area (Å²) < 4.78 is 10.1. The summed E-state index contributed by atoms with van der Waals surface area (Å²) in [7, 11) is 4.73. The monoisotopic (exact) mass is 1460 g/mol. The minimum absolute atomic E-state index is 0. The normalized spacial score (nSPS) is 15.3. The number of nitrogens with one attached hydrogen (secondary N) is 1. The van der Waals surface area contributed by atoms with Gasteiger partial charge in [0.05, 0.1) is 6.61 Å². The first-order valence-electron chi connectivity index (χ1n) is 32.4. The number of hydrogen-bond donors (Lipinski definition) is 2. The van der Waals surface area contributed by atoms with Crippen LogP contribution in [0.4, 0.5) is 0 Å². The molecule has 0 radical (unpaired) electrons. The number of aliphatic hydroxyl groups excluding tert-OH is 1. The number of fused-ring (bicyclic) bond motifs is 2. The number of aliphatic hydroxyl groups is 1. The van der Waals surface area contributed by atoms with Gasteiger partial charge >= 0.3 is 31.1 Å². The number of carbonyl (C=O) groups excluding carboxylic acids is 7. The van der Waals surface area contributed by atoms with Gasteiger partial charge in [-0.3, -0.25) is 14.5 Å². The van der Waals surface area contributed by atoms with Crippen LogP contribution in [0.15, 0.2) is 60.3 Å². The van der Waals surface area contributed by atoms with Crippen LogP contribution < -0.4 is 5.32 Å². The number of nitrogens with zero attached hydrogens (tertiary/aromatic N) is 2. The van der Waals surface area contributed by atoms with Crippen molar-refractivity contribution in [1.29, 1.82) is 0 Å². The van der Waals surface area contributed by atoms with E-state index in [1.165, 1.54) is 82.3 Å². The molecule has 2 aromatic carbocycles. The smallest absolute Gasteiger partial charge is 0.540 e. The van der Waals surface area contributed by atoms with Crippen LogP contribution >= 0.6 is 0 Å². The Morgan fingerprint density at radius 2 is 1.22 bits per heavy atom. The number of likely N-dealkylation sites (tertiary alicyclic amines) is 1. The van der Waals surface area contributed by atoms with Crippen molar-refractivity contribution in [3.8, 4) is 0 Å². The minimum atomic E-state index is -0.835. The number of piperidine rings is 1. The first-order valence-corrected chi connectivity index (χ1v) is 32.4. The zero-order valence-corrected chi connectivity index (χ0v) is 64.1. The summed E-state index contributed by atoms with van der Waals surface area (Å²) >= 11 is 0. The molecule has 88 heavy (non-hydrogen) atoms.